The van der Waals surface area contributed by atoms with Crippen molar-refractivity contribution in [2.75, 3.05) is 0 Å². The van der Waals surface area contributed by atoms with Gasteiger partial charge in [0.2, 0.25) is 5.82 Å². The van der Waals surface area contributed by atoms with Crippen LogP contribution in [0.25, 0.3) is 0 Å². The molecule has 0 saturated carbocycles. The van der Waals surface area contributed by atoms with E-state index in [1.807, 2.05) is 0 Å². The van der Waals surface area contributed by atoms with Crippen LogP contribution in [-0.2, 0) is 0 Å². The van der Waals surface area contributed by atoms with Gasteiger partial charge in [0.15, 0.2) is 23.1 Å². The Morgan fingerprint density at radius 2 is 1.61 bits per heavy atom. The number of hydrogen-bond donors (Lipinski definition) is 1. The fourth-order valence-corrected chi connectivity index (χ4v) is 1.29. The van der Waals surface area contributed by atoms with E-state index in [1.54, 1.807) is 0 Å². The Bertz CT molecular complexity index is 599. The molecule has 2 aromatic carbocycles. The van der Waals surface area contributed by atoms with Crippen molar-refractivity contribution in [1.82, 2.24) is 0 Å². The van der Waals surface area contributed by atoms with E-state index in [0.29, 0.717) is 18.2 Å². The van der Waals surface area contributed by atoms with Crippen LogP contribution >= 0.6 is 0 Å². The molecule has 0 unspecified atom stereocenters. The molecule has 0 heterocycles. The molecule has 0 aliphatic heterocycles. The van der Waals surface area contributed by atoms with Crippen LogP contribution in [-0.4, -0.2) is 5.11 Å². The van der Waals surface area contributed by atoms with Gasteiger partial charge in [-0.2, -0.15) is 4.39 Å². The molecule has 0 amide bonds. The second-order valence-corrected chi connectivity index (χ2v) is 3.42. The zero-order valence-electron chi connectivity index (χ0n) is 8.75. The quantitative estimate of drug-likeness (QED) is 0.831. The van der Waals surface area contributed by atoms with Crippen LogP contribution in [0.2, 0.25) is 0 Å². The van der Waals surface area contributed by atoms with Crippen molar-refractivity contribution in [3.05, 3.63) is 53.6 Å². The summed E-state index contributed by atoms with van der Waals surface area (Å²) in [5.41, 5.74) is 0. The Kier molecular flexibility index (Phi) is 3.10. The Balaban J connectivity index is 2.36. The van der Waals surface area contributed by atoms with Crippen LogP contribution < -0.4 is 4.74 Å². The second-order valence-electron chi connectivity index (χ2n) is 3.42. The molecule has 0 radical (unpaired) electrons. The van der Waals surface area contributed by atoms with Gasteiger partial charge in [0.25, 0.3) is 0 Å². The van der Waals surface area contributed by atoms with Gasteiger partial charge in [-0.1, -0.05) is 0 Å². The molecule has 0 spiro atoms. The van der Waals surface area contributed by atoms with Gasteiger partial charge in [0.1, 0.15) is 11.6 Å². The molecule has 0 aromatic heterocycles. The van der Waals surface area contributed by atoms with Crippen molar-refractivity contribution < 1.29 is 27.4 Å². The van der Waals surface area contributed by atoms with Crippen LogP contribution in [0.4, 0.5) is 17.6 Å². The molecule has 94 valence electrons. The lowest BCUT2D eigenvalue weighted by Gasteiger charge is -2.08. The van der Waals surface area contributed by atoms with Gasteiger partial charge in [-0.15, -0.1) is 0 Å². The number of rotatable bonds is 2. The molecule has 18 heavy (non-hydrogen) atoms. The average Bonchev–Trinajstić information content (AvgIpc) is 2.30. The zero-order chi connectivity index (χ0) is 13.3. The first-order valence-corrected chi connectivity index (χ1v) is 4.78. The van der Waals surface area contributed by atoms with Crippen LogP contribution in [0, 0.1) is 23.3 Å². The summed E-state index contributed by atoms with van der Waals surface area (Å²) in [6.45, 7) is 0. The number of halogens is 4. The lowest BCUT2D eigenvalue weighted by Crippen LogP contribution is -1.92. The molecule has 0 aliphatic carbocycles. The summed E-state index contributed by atoms with van der Waals surface area (Å²) < 4.78 is 56.6. The SMILES string of the molecule is Oc1cc(F)cc(Oc2ccc(F)c(F)c2)c1F. The first kappa shape index (κ1) is 12.2. The van der Waals surface area contributed by atoms with Crippen molar-refractivity contribution >= 4 is 0 Å². The molecule has 0 fully saturated rings. The minimum atomic E-state index is -1.19. The number of hydrogen-bond acceptors (Lipinski definition) is 2. The first-order valence-electron chi connectivity index (χ1n) is 4.78. The summed E-state index contributed by atoms with van der Waals surface area (Å²) >= 11 is 0. The highest BCUT2D eigenvalue weighted by Crippen LogP contribution is 2.31. The third-order valence-corrected chi connectivity index (χ3v) is 2.10. The lowest BCUT2D eigenvalue weighted by atomic mass is 10.3. The van der Waals surface area contributed by atoms with E-state index in [4.69, 9.17) is 9.84 Å². The average molecular weight is 258 g/mol. The van der Waals surface area contributed by atoms with E-state index in [2.05, 4.69) is 0 Å². The zero-order valence-corrected chi connectivity index (χ0v) is 8.75. The molecule has 6 heteroatoms. The standard InChI is InChI=1S/C12H6F4O2/c13-6-3-10(17)12(16)11(4-6)18-7-1-2-8(14)9(15)5-7/h1-5,17H. The number of phenols is 1. The largest absolute Gasteiger partial charge is 0.505 e. The number of ether oxygens (including phenoxy) is 1. The smallest absolute Gasteiger partial charge is 0.207 e. The lowest BCUT2D eigenvalue weighted by molar-refractivity contribution is 0.386. The van der Waals surface area contributed by atoms with Crippen LogP contribution in [0.1, 0.15) is 0 Å². The van der Waals surface area contributed by atoms with E-state index >= 15 is 0 Å². The van der Waals surface area contributed by atoms with Gasteiger partial charge < -0.3 is 9.84 Å². The molecule has 2 rings (SSSR count). The molecule has 0 aliphatic rings. The van der Waals surface area contributed by atoms with Crippen LogP contribution in [0.15, 0.2) is 30.3 Å². The van der Waals surface area contributed by atoms with Gasteiger partial charge >= 0.3 is 0 Å². The first-order chi connectivity index (χ1) is 8.47. The summed E-state index contributed by atoms with van der Waals surface area (Å²) in [5, 5.41) is 9.03. The summed E-state index contributed by atoms with van der Waals surface area (Å²) in [4.78, 5) is 0. The molecular formula is C12H6F4O2. The minimum absolute atomic E-state index is 0.224. The van der Waals surface area contributed by atoms with Crippen LogP contribution in [0.3, 0.4) is 0 Å². The van der Waals surface area contributed by atoms with E-state index < -0.39 is 34.8 Å². The monoisotopic (exact) mass is 258 g/mol. The van der Waals surface area contributed by atoms with Crippen molar-refractivity contribution in [3.63, 3.8) is 0 Å². The molecule has 0 saturated heterocycles. The number of benzene rings is 2. The Morgan fingerprint density at radius 1 is 0.889 bits per heavy atom. The van der Waals surface area contributed by atoms with Crippen molar-refractivity contribution in [2.24, 2.45) is 0 Å². The van der Waals surface area contributed by atoms with Gasteiger partial charge in [-0.3, -0.25) is 0 Å². The highest BCUT2D eigenvalue weighted by atomic mass is 19.2. The summed E-state index contributed by atoms with van der Waals surface area (Å²) in [5.74, 6) is -6.19. The predicted molar refractivity (Wildman–Crippen MR) is 54.5 cm³/mol. The summed E-state index contributed by atoms with van der Waals surface area (Å²) in [6.07, 6.45) is 0. The Labute approximate surface area is 99.1 Å². The Hall–Kier alpha value is -2.24. The summed E-state index contributed by atoms with van der Waals surface area (Å²) in [7, 11) is 0. The minimum Gasteiger partial charge on any atom is -0.505 e. The van der Waals surface area contributed by atoms with E-state index in [9.17, 15) is 17.6 Å². The topological polar surface area (TPSA) is 29.5 Å². The molecule has 2 nitrogen and oxygen atoms in total. The maximum absolute atomic E-state index is 13.3. The number of aromatic hydroxyl groups is 1. The third kappa shape index (κ3) is 2.37. The highest BCUT2D eigenvalue weighted by Gasteiger charge is 2.13. The summed E-state index contributed by atoms with van der Waals surface area (Å²) in [6, 6.07) is 3.74. The second kappa shape index (κ2) is 4.56. The Morgan fingerprint density at radius 3 is 2.28 bits per heavy atom. The predicted octanol–water partition coefficient (Wildman–Crippen LogP) is 3.74. The van der Waals surface area contributed by atoms with Gasteiger partial charge in [0, 0.05) is 18.2 Å². The van der Waals surface area contributed by atoms with E-state index in [1.165, 1.54) is 0 Å². The number of phenolic OH excluding ortho intramolecular Hbond substituents is 1. The van der Waals surface area contributed by atoms with Gasteiger partial charge in [0.05, 0.1) is 0 Å². The fraction of sp³-hybridized carbons (Fsp3) is 0. The fourth-order valence-electron chi connectivity index (χ4n) is 1.29. The molecular weight excluding hydrogens is 252 g/mol. The molecule has 2 aromatic rings. The van der Waals surface area contributed by atoms with E-state index in [-0.39, 0.29) is 5.75 Å². The maximum Gasteiger partial charge on any atom is 0.207 e. The van der Waals surface area contributed by atoms with Crippen molar-refractivity contribution in [1.29, 1.82) is 0 Å². The highest BCUT2D eigenvalue weighted by molar-refractivity contribution is 5.38. The maximum atomic E-state index is 13.3. The van der Waals surface area contributed by atoms with Gasteiger partial charge in [-0.05, 0) is 12.1 Å². The van der Waals surface area contributed by atoms with Crippen molar-refractivity contribution in [2.45, 2.75) is 0 Å². The molecule has 0 atom stereocenters. The van der Waals surface area contributed by atoms with Crippen molar-refractivity contribution in [3.8, 4) is 17.2 Å². The molecule has 0 bridgehead atoms. The van der Waals surface area contributed by atoms with Crippen LogP contribution in [0.5, 0.6) is 17.2 Å². The normalized spacial score (nSPS) is 10.4. The van der Waals surface area contributed by atoms with E-state index in [0.717, 1.165) is 12.1 Å². The van der Waals surface area contributed by atoms with Gasteiger partial charge in [-0.25, -0.2) is 13.2 Å². The molecule has 1 N–H and O–H groups in total. The third-order valence-electron chi connectivity index (χ3n) is 2.10.